The van der Waals surface area contributed by atoms with Crippen LogP contribution < -0.4 is 4.90 Å². The third-order valence-electron chi connectivity index (χ3n) is 3.19. The third kappa shape index (κ3) is 2.23. The lowest BCUT2D eigenvalue weighted by Gasteiger charge is -2.09. The zero-order valence-electron chi connectivity index (χ0n) is 11.4. The number of nitriles is 1. The van der Waals surface area contributed by atoms with Gasteiger partial charge in [0.15, 0.2) is 0 Å². The van der Waals surface area contributed by atoms with Crippen LogP contribution in [0.2, 0.25) is 0 Å². The number of rotatable bonds is 2. The zero-order valence-corrected chi connectivity index (χ0v) is 11.4. The maximum absolute atomic E-state index is 12.5. The van der Waals surface area contributed by atoms with E-state index in [1.807, 2.05) is 6.07 Å². The van der Waals surface area contributed by atoms with Crippen molar-refractivity contribution < 1.29 is 14.3 Å². The summed E-state index contributed by atoms with van der Waals surface area (Å²) >= 11 is 0. The second-order valence-corrected chi connectivity index (χ2v) is 4.53. The number of hydrogen-bond acceptors (Lipinski definition) is 4. The number of carbonyl (C=O) groups is 2. The van der Waals surface area contributed by atoms with E-state index in [9.17, 15) is 14.9 Å². The highest BCUT2D eigenvalue weighted by molar-refractivity contribution is 6.26. The van der Waals surface area contributed by atoms with Gasteiger partial charge in [0.05, 0.1) is 5.69 Å². The summed E-state index contributed by atoms with van der Waals surface area (Å²) in [7, 11) is 0. The van der Waals surface area contributed by atoms with E-state index in [1.54, 1.807) is 60.7 Å². The van der Waals surface area contributed by atoms with Crippen LogP contribution >= 0.6 is 0 Å². The maximum Gasteiger partial charge on any atom is 0.427 e. The molecule has 1 heterocycles. The molecule has 0 N–H and O–H groups in total. The quantitative estimate of drug-likeness (QED) is 0.629. The highest BCUT2D eigenvalue weighted by Crippen LogP contribution is 2.29. The molecule has 5 heteroatoms. The largest absolute Gasteiger partial charge is 0.427 e. The second-order valence-electron chi connectivity index (χ2n) is 4.53. The van der Waals surface area contributed by atoms with Crippen molar-refractivity contribution in [2.24, 2.45) is 0 Å². The minimum absolute atomic E-state index is 0.0392. The van der Waals surface area contributed by atoms with Gasteiger partial charge in [0.25, 0.3) is 0 Å². The van der Waals surface area contributed by atoms with Gasteiger partial charge in [-0.25, -0.2) is 9.69 Å². The Hall–Kier alpha value is -3.39. The third-order valence-corrected chi connectivity index (χ3v) is 3.19. The summed E-state index contributed by atoms with van der Waals surface area (Å²) in [5, 5.41) is 9.33. The molecule has 0 saturated carbocycles. The number of amides is 2. The van der Waals surface area contributed by atoms with Gasteiger partial charge in [-0.15, -0.1) is 0 Å². The molecule has 1 fully saturated rings. The normalized spacial score (nSPS) is 16.2. The molecule has 0 radical (unpaired) electrons. The Kier molecular flexibility index (Phi) is 3.42. The van der Waals surface area contributed by atoms with Crippen molar-refractivity contribution in [1.29, 1.82) is 5.26 Å². The van der Waals surface area contributed by atoms with Crippen molar-refractivity contribution in [3.8, 4) is 6.07 Å². The molecule has 3 rings (SSSR count). The van der Waals surface area contributed by atoms with Gasteiger partial charge < -0.3 is 4.74 Å². The fraction of sp³-hybridized carbons (Fsp3) is 0. The van der Waals surface area contributed by atoms with Crippen LogP contribution in [0.4, 0.5) is 10.5 Å². The number of nitrogens with zero attached hydrogens (tertiary/aromatic N) is 2. The topological polar surface area (TPSA) is 70.4 Å². The van der Waals surface area contributed by atoms with E-state index in [4.69, 9.17) is 4.74 Å². The molecule has 0 aromatic heterocycles. The summed E-state index contributed by atoms with van der Waals surface area (Å²) in [5.74, 6) is -0.890. The van der Waals surface area contributed by atoms with E-state index in [0.29, 0.717) is 11.3 Å². The molecule has 106 valence electrons. The van der Waals surface area contributed by atoms with E-state index in [0.717, 1.165) is 4.90 Å². The summed E-state index contributed by atoms with van der Waals surface area (Å²) in [6, 6.07) is 19.0. The number of carbonyl (C=O) groups excluding carboxylic acids is 2. The van der Waals surface area contributed by atoms with Crippen LogP contribution in [0, 0.1) is 11.3 Å². The molecule has 1 saturated heterocycles. The molecule has 22 heavy (non-hydrogen) atoms. The SMILES string of the molecule is N#C/C(=C1/OC(=O)N(c2ccccc2)C1=O)c1ccccc1. The van der Waals surface area contributed by atoms with E-state index >= 15 is 0 Å². The monoisotopic (exact) mass is 290 g/mol. The van der Waals surface area contributed by atoms with Crippen LogP contribution in [0.5, 0.6) is 0 Å². The fourth-order valence-corrected chi connectivity index (χ4v) is 2.17. The summed E-state index contributed by atoms with van der Waals surface area (Å²) in [6.45, 7) is 0. The van der Waals surface area contributed by atoms with Gasteiger partial charge >= 0.3 is 12.0 Å². The first kappa shape index (κ1) is 13.6. The first-order valence-electron chi connectivity index (χ1n) is 6.53. The Bertz CT molecular complexity index is 805. The first-order valence-corrected chi connectivity index (χ1v) is 6.53. The lowest BCUT2D eigenvalue weighted by molar-refractivity contribution is -0.114. The smallest absolute Gasteiger partial charge is 0.402 e. The summed E-state index contributed by atoms with van der Waals surface area (Å²) < 4.78 is 5.04. The Morgan fingerprint density at radius 1 is 0.955 bits per heavy atom. The van der Waals surface area contributed by atoms with E-state index in [1.165, 1.54) is 0 Å². The minimum Gasteiger partial charge on any atom is -0.402 e. The standard InChI is InChI=1S/C17H10N2O3/c18-11-14(12-7-3-1-4-8-12)15-16(20)19(17(21)22-15)13-9-5-2-6-10-13/h1-10H/b15-14-. The number of anilines is 1. The minimum atomic E-state index is -0.810. The van der Waals surface area contributed by atoms with E-state index in [2.05, 4.69) is 0 Å². The number of para-hydroxylation sites is 1. The highest BCUT2D eigenvalue weighted by atomic mass is 16.6. The molecule has 1 aliphatic rings. The fourth-order valence-electron chi connectivity index (χ4n) is 2.17. The van der Waals surface area contributed by atoms with E-state index < -0.39 is 12.0 Å². The zero-order chi connectivity index (χ0) is 15.5. The van der Waals surface area contributed by atoms with Crippen LogP contribution in [0.3, 0.4) is 0 Å². The van der Waals surface area contributed by atoms with Gasteiger partial charge in [-0.2, -0.15) is 5.26 Å². The lowest BCUT2D eigenvalue weighted by atomic mass is 10.1. The predicted octanol–water partition coefficient (Wildman–Crippen LogP) is 3.10. The molecule has 2 amide bonds. The molecular weight excluding hydrogens is 280 g/mol. The van der Waals surface area contributed by atoms with E-state index in [-0.39, 0.29) is 11.3 Å². The van der Waals surface area contributed by atoms with Crippen molar-refractivity contribution in [2.45, 2.75) is 0 Å². The summed E-state index contributed by atoms with van der Waals surface area (Å²) in [6.07, 6.45) is -0.810. The number of benzene rings is 2. The predicted molar refractivity (Wildman–Crippen MR) is 79.4 cm³/mol. The number of imide groups is 1. The van der Waals surface area contributed by atoms with Crippen molar-refractivity contribution in [3.05, 3.63) is 72.0 Å². The molecule has 0 spiro atoms. The molecule has 0 bridgehead atoms. The van der Waals surface area contributed by atoms with Crippen molar-refractivity contribution in [2.75, 3.05) is 4.90 Å². The van der Waals surface area contributed by atoms with Crippen molar-refractivity contribution in [1.82, 2.24) is 0 Å². The van der Waals surface area contributed by atoms with Crippen LogP contribution in [-0.2, 0) is 9.53 Å². The summed E-state index contributed by atoms with van der Waals surface area (Å²) in [5.41, 5.74) is 0.964. The Morgan fingerprint density at radius 2 is 1.55 bits per heavy atom. The Balaban J connectivity index is 2.07. The lowest BCUT2D eigenvalue weighted by Crippen LogP contribution is -2.28. The molecule has 2 aromatic rings. The number of cyclic esters (lactones) is 1. The maximum atomic E-state index is 12.5. The van der Waals surface area contributed by atoms with Crippen LogP contribution in [0.25, 0.3) is 5.57 Å². The van der Waals surface area contributed by atoms with Gasteiger partial charge in [-0.1, -0.05) is 48.5 Å². The van der Waals surface area contributed by atoms with Crippen molar-refractivity contribution >= 4 is 23.3 Å². The Morgan fingerprint density at radius 3 is 2.14 bits per heavy atom. The highest BCUT2D eigenvalue weighted by Gasteiger charge is 2.40. The van der Waals surface area contributed by atoms with Gasteiger partial charge in [-0.05, 0) is 17.7 Å². The molecule has 5 nitrogen and oxygen atoms in total. The second kappa shape index (κ2) is 5.54. The molecule has 1 aliphatic heterocycles. The molecular formula is C17H10N2O3. The molecule has 0 unspecified atom stereocenters. The number of ether oxygens (including phenoxy) is 1. The van der Waals surface area contributed by atoms with Gasteiger partial charge in [0.1, 0.15) is 11.6 Å². The van der Waals surface area contributed by atoms with Crippen LogP contribution in [-0.4, -0.2) is 12.0 Å². The average molecular weight is 290 g/mol. The molecule has 0 atom stereocenters. The van der Waals surface area contributed by atoms with Gasteiger partial charge in [-0.3, -0.25) is 4.79 Å². The van der Waals surface area contributed by atoms with Gasteiger partial charge in [0.2, 0.25) is 5.76 Å². The number of hydrogen-bond donors (Lipinski definition) is 0. The van der Waals surface area contributed by atoms with Crippen LogP contribution in [0.1, 0.15) is 5.56 Å². The first-order chi connectivity index (χ1) is 10.7. The van der Waals surface area contributed by atoms with Crippen molar-refractivity contribution in [3.63, 3.8) is 0 Å². The average Bonchev–Trinajstić information content (AvgIpc) is 2.85. The molecule has 2 aromatic carbocycles. The van der Waals surface area contributed by atoms with Gasteiger partial charge in [0, 0.05) is 0 Å². The number of allylic oxidation sites excluding steroid dienone is 1. The van der Waals surface area contributed by atoms with Crippen LogP contribution in [0.15, 0.2) is 66.4 Å². The molecule has 0 aliphatic carbocycles. The Labute approximate surface area is 126 Å². The summed E-state index contributed by atoms with van der Waals surface area (Å²) in [4.78, 5) is 25.4.